The van der Waals surface area contributed by atoms with Crippen LogP contribution in [0, 0.1) is 5.41 Å². The lowest BCUT2D eigenvalue weighted by molar-refractivity contribution is 0.109. The summed E-state index contributed by atoms with van der Waals surface area (Å²) in [5.74, 6) is 0. The minimum atomic E-state index is 0.585. The van der Waals surface area contributed by atoms with E-state index in [4.69, 9.17) is 0 Å². The van der Waals surface area contributed by atoms with Crippen molar-refractivity contribution in [3.05, 3.63) is 35.4 Å². The molecule has 0 bridgehead atoms. The van der Waals surface area contributed by atoms with Crippen LogP contribution in [0.15, 0.2) is 24.3 Å². The number of likely N-dealkylation sites (N-methyl/N-ethyl adjacent to an activating group) is 1. The monoisotopic (exact) mass is 274 g/mol. The predicted octanol–water partition coefficient (Wildman–Crippen LogP) is 3.46. The Labute approximate surface area is 124 Å². The second-order valence-corrected chi connectivity index (χ2v) is 6.56. The van der Waals surface area contributed by atoms with Crippen LogP contribution in [-0.2, 0) is 13.0 Å². The van der Waals surface area contributed by atoms with Crippen molar-refractivity contribution in [1.82, 2.24) is 10.2 Å². The van der Waals surface area contributed by atoms with Crippen molar-refractivity contribution >= 4 is 0 Å². The summed E-state index contributed by atoms with van der Waals surface area (Å²) in [6.07, 6.45) is 5.15. The molecule has 1 N–H and O–H groups in total. The Morgan fingerprint density at radius 2 is 1.80 bits per heavy atom. The maximum atomic E-state index is 3.25. The number of nitrogens with one attached hydrogen (secondary N) is 1. The molecular weight excluding hydrogens is 244 g/mol. The van der Waals surface area contributed by atoms with Gasteiger partial charge in [0.15, 0.2) is 0 Å². The second-order valence-electron chi connectivity index (χ2n) is 6.56. The molecule has 112 valence electrons. The number of benzene rings is 1. The maximum Gasteiger partial charge on any atom is 0.0236 e. The van der Waals surface area contributed by atoms with Crippen molar-refractivity contribution in [2.75, 3.05) is 26.7 Å². The van der Waals surface area contributed by atoms with Gasteiger partial charge in [-0.05, 0) is 62.5 Å². The fraction of sp³-hybridized carbons (Fsp3) is 0.667. The van der Waals surface area contributed by atoms with Crippen LogP contribution in [0.4, 0.5) is 0 Å². The molecular formula is C18H30N2. The van der Waals surface area contributed by atoms with Crippen molar-refractivity contribution < 1.29 is 0 Å². The Morgan fingerprint density at radius 3 is 2.40 bits per heavy atom. The average molecular weight is 274 g/mol. The van der Waals surface area contributed by atoms with Gasteiger partial charge in [0.25, 0.3) is 0 Å². The van der Waals surface area contributed by atoms with E-state index in [-0.39, 0.29) is 0 Å². The zero-order chi connectivity index (χ0) is 14.4. The third-order valence-corrected chi connectivity index (χ3v) is 5.07. The van der Waals surface area contributed by atoms with Gasteiger partial charge in [-0.1, -0.05) is 44.5 Å². The van der Waals surface area contributed by atoms with Crippen LogP contribution < -0.4 is 5.32 Å². The third kappa shape index (κ3) is 4.07. The molecule has 1 saturated heterocycles. The molecule has 1 aromatic rings. The van der Waals surface area contributed by atoms with Crippen LogP contribution in [-0.4, -0.2) is 31.6 Å². The summed E-state index contributed by atoms with van der Waals surface area (Å²) in [7, 11) is 2.03. The molecule has 20 heavy (non-hydrogen) atoms. The van der Waals surface area contributed by atoms with Gasteiger partial charge in [0.05, 0.1) is 0 Å². The molecule has 1 aliphatic rings. The molecule has 1 fully saturated rings. The minimum absolute atomic E-state index is 0.585. The largest absolute Gasteiger partial charge is 0.319 e. The number of likely N-dealkylation sites (tertiary alicyclic amines) is 1. The normalized spacial score (nSPS) is 19.1. The Kier molecular flexibility index (Phi) is 5.62. The summed E-state index contributed by atoms with van der Waals surface area (Å²) < 4.78 is 0. The number of piperidine rings is 1. The zero-order valence-corrected chi connectivity index (χ0v) is 13.4. The highest BCUT2D eigenvalue weighted by atomic mass is 15.1. The Hall–Kier alpha value is -0.860. The van der Waals surface area contributed by atoms with E-state index in [0.717, 1.165) is 19.5 Å². The van der Waals surface area contributed by atoms with Gasteiger partial charge >= 0.3 is 0 Å². The fourth-order valence-corrected chi connectivity index (χ4v) is 3.06. The lowest BCUT2D eigenvalue weighted by Crippen LogP contribution is -2.38. The molecule has 2 rings (SSSR count). The molecule has 1 aromatic carbocycles. The molecule has 0 unspecified atom stereocenters. The van der Waals surface area contributed by atoms with E-state index in [2.05, 4.69) is 48.3 Å². The molecule has 0 saturated carbocycles. The van der Waals surface area contributed by atoms with Crippen molar-refractivity contribution in [3.8, 4) is 0 Å². The maximum absolute atomic E-state index is 3.25. The van der Waals surface area contributed by atoms with E-state index < -0.39 is 0 Å². The number of hydrogen-bond acceptors (Lipinski definition) is 2. The van der Waals surface area contributed by atoms with Crippen molar-refractivity contribution in [1.29, 1.82) is 0 Å². The highest BCUT2D eigenvalue weighted by Crippen LogP contribution is 2.34. The second kappa shape index (κ2) is 7.24. The van der Waals surface area contributed by atoms with E-state index >= 15 is 0 Å². The molecule has 0 spiro atoms. The van der Waals surface area contributed by atoms with Crippen molar-refractivity contribution in [2.24, 2.45) is 5.41 Å². The quantitative estimate of drug-likeness (QED) is 0.854. The van der Waals surface area contributed by atoms with Crippen LogP contribution in [0.5, 0.6) is 0 Å². The van der Waals surface area contributed by atoms with E-state index in [1.54, 1.807) is 0 Å². The van der Waals surface area contributed by atoms with Crippen LogP contribution in [0.2, 0.25) is 0 Å². The van der Waals surface area contributed by atoms with Crippen LogP contribution in [0.3, 0.4) is 0 Å². The fourth-order valence-electron chi connectivity index (χ4n) is 3.06. The standard InChI is InChI=1S/C18H30N2/c1-4-18(2)10-13-20(14-11-18)15-17-8-6-5-7-16(17)9-12-19-3/h5-8,19H,4,9-15H2,1-3H3. The van der Waals surface area contributed by atoms with Crippen LogP contribution >= 0.6 is 0 Å². The predicted molar refractivity (Wildman–Crippen MR) is 87.0 cm³/mol. The molecule has 2 nitrogen and oxygen atoms in total. The first-order chi connectivity index (χ1) is 9.67. The van der Waals surface area contributed by atoms with Gasteiger partial charge in [-0.3, -0.25) is 4.90 Å². The van der Waals surface area contributed by atoms with Gasteiger partial charge < -0.3 is 5.32 Å². The Bertz CT molecular complexity index is 406. The first kappa shape index (κ1) is 15.5. The first-order valence-corrected chi connectivity index (χ1v) is 8.10. The third-order valence-electron chi connectivity index (χ3n) is 5.07. The summed E-state index contributed by atoms with van der Waals surface area (Å²) in [5, 5.41) is 3.25. The Morgan fingerprint density at radius 1 is 1.15 bits per heavy atom. The van der Waals surface area contributed by atoms with Gasteiger partial charge in [-0.25, -0.2) is 0 Å². The van der Waals surface area contributed by atoms with Gasteiger partial charge in [0.1, 0.15) is 0 Å². The molecule has 1 heterocycles. The minimum Gasteiger partial charge on any atom is -0.319 e. The van der Waals surface area contributed by atoms with E-state index in [1.165, 1.54) is 43.5 Å². The van der Waals surface area contributed by atoms with Crippen LogP contribution in [0.25, 0.3) is 0 Å². The average Bonchev–Trinajstić information content (AvgIpc) is 2.49. The SMILES string of the molecule is CCC1(C)CCN(Cc2ccccc2CCNC)CC1. The Balaban J connectivity index is 1.94. The van der Waals surface area contributed by atoms with Gasteiger partial charge in [-0.2, -0.15) is 0 Å². The van der Waals surface area contributed by atoms with Crippen molar-refractivity contribution in [2.45, 2.75) is 46.1 Å². The molecule has 0 amide bonds. The van der Waals surface area contributed by atoms with Gasteiger partial charge in [0.2, 0.25) is 0 Å². The number of nitrogens with zero attached hydrogens (tertiary/aromatic N) is 1. The smallest absolute Gasteiger partial charge is 0.0236 e. The highest BCUT2D eigenvalue weighted by Gasteiger charge is 2.28. The van der Waals surface area contributed by atoms with E-state index in [9.17, 15) is 0 Å². The molecule has 2 heteroatoms. The molecule has 0 radical (unpaired) electrons. The summed E-state index contributed by atoms with van der Waals surface area (Å²) in [6.45, 7) is 9.48. The lowest BCUT2D eigenvalue weighted by Gasteiger charge is -2.39. The summed E-state index contributed by atoms with van der Waals surface area (Å²) in [6, 6.07) is 8.93. The van der Waals surface area contributed by atoms with Crippen LogP contribution in [0.1, 0.15) is 44.2 Å². The van der Waals surface area contributed by atoms with E-state index in [1.807, 2.05) is 7.05 Å². The lowest BCUT2D eigenvalue weighted by atomic mass is 9.78. The molecule has 1 aliphatic heterocycles. The van der Waals surface area contributed by atoms with Gasteiger partial charge in [-0.15, -0.1) is 0 Å². The number of hydrogen-bond donors (Lipinski definition) is 1. The first-order valence-electron chi connectivity index (χ1n) is 8.10. The molecule has 0 aromatic heterocycles. The zero-order valence-electron chi connectivity index (χ0n) is 13.4. The summed E-state index contributed by atoms with van der Waals surface area (Å²) in [5.41, 5.74) is 3.61. The highest BCUT2D eigenvalue weighted by molar-refractivity contribution is 5.27. The van der Waals surface area contributed by atoms with Crippen molar-refractivity contribution in [3.63, 3.8) is 0 Å². The van der Waals surface area contributed by atoms with Gasteiger partial charge in [0, 0.05) is 6.54 Å². The molecule has 0 aliphatic carbocycles. The molecule has 0 atom stereocenters. The van der Waals surface area contributed by atoms with E-state index in [0.29, 0.717) is 5.41 Å². The summed E-state index contributed by atoms with van der Waals surface area (Å²) >= 11 is 0. The number of rotatable bonds is 6. The summed E-state index contributed by atoms with van der Waals surface area (Å²) in [4.78, 5) is 2.63. The topological polar surface area (TPSA) is 15.3 Å².